The fraction of sp³-hybridized carbons (Fsp3) is 0.538. The van der Waals surface area contributed by atoms with Crippen LogP contribution in [0, 0.1) is 11.7 Å². The Hall–Kier alpha value is -1.69. The molecule has 0 aliphatic carbocycles. The molecule has 1 unspecified atom stereocenters. The molecule has 1 atom stereocenters. The summed E-state index contributed by atoms with van der Waals surface area (Å²) in [5.74, 6) is -1.09. The molecule has 0 bridgehead atoms. The number of halogens is 1. The number of aromatic nitrogens is 1. The lowest BCUT2D eigenvalue weighted by Crippen LogP contribution is -2.38. The minimum atomic E-state index is -1.16. The summed E-state index contributed by atoms with van der Waals surface area (Å²) in [6, 6.07) is 1.02. The maximum atomic E-state index is 13.1. The van der Waals surface area contributed by atoms with E-state index >= 15 is 0 Å². The molecule has 104 valence electrons. The first kappa shape index (κ1) is 13.7. The number of pyridine rings is 1. The van der Waals surface area contributed by atoms with Gasteiger partial charge in [0.05, 0.1) is 12.8 Å². The number of piperidine rings is 1. The zero-order chi connectivity index (χ0) is 13.8. The monoisotopic (exact) mass is 268 g/mol. The molecule has 0 spiro atoms. The molecule has 0 aromatic carbocycles. The van der Waals surface area contributed by atoms with Crippen molar-refractivity contribution in [3.8, 4) is 0 Å². The first-order valence-corrected chi connectivity index (χ1v) is 6.24. The Labute approximate surface area is 111 Å². The normalized spacial score (nSPS) is 19.5. The maximum absolute atomic E-state index is 13.1. The molecule has 0 amide bonds. The second-order valence-corrected chi connectivity index (χ2v) is 4.74. The van der Waals surface area contributed by atoms with Crippen molar-refractivity contribution in [1.82, 2.24) is 4.98 Å². The molecular weight excluding hydrogens is 251 g/mol. The van der Waals surface area contributed by atoms with Crippen molar-refractivity contribution in [2.45, 2.75) is 12.8 Å². The number of hydrogen-bond acceptors (Lipinski definition) is 4. The number of carboxylic acid groups (broad SMARTS) is 1. The fourth-order valence-electron chi connectivity index (χ4n) is 2.47. The Morgan fingerprint density at radius 2 is 2.47 bits per heavy atom. The van der Waals surface area contributed by atoms with Crippen molar-refractivity contribution < 1.29 is 19.0 Å². The van der Waals surface area contributed by atoms with Crippen LogP contribution in [0.15, 0.2) is 12.3 Å². The molecule has 1 aromatic heterocycles. The van der Waals surface area contributed by atoms with Gasteiger partial charge >= 0.3 is 5.97 Å². The zero-order valence-corrected chi connectivity index (χ0v) is 10.8. The molecular formula is C13H17FN2O3. The lowest BCUT2D eigenvalue weighted by Gasteiger charge is -2.33. The predicted molar refractivity (Wildman–Crippen MR) is 68.0 cm³/mol. The largest absolute Gasteiger partial charge is 0.478 e. The van der Waals surface area contributed by atoms with Gasteiger partial charge in [0.15, 0.2) is 0 Å². The summed E-state index contributed by atoms with van der Waals surface area (Å²) in [7, 11) is 1.65. The van der Waals surface area contributed by atoms with Crippen LogP contribution in [-0.2, 0) is 4.74 Å². The Morgan fingerprint density at radius 3 is 3.16 bits per heavy atom. The Morgan fingerprint density at radius 1 is 1.68 bits per heavy atom. The molecule has 0 radical (unpaired) electrons. The van der Waals surface area contributed by atoms with Crippen molar-refractivity contribution in [3.05, 3.63) is 23.6 Å². The molecule has 5 nitrogen and oxygen atoms in total. The first-order valence-electron chi connectivity index (χ1n) is 6.24. The van der Waals surface area contributed by atoms with Gasteiger partial charge in [-0.25, -0.2) is 14.2 Å². The van der Waals surface area contributed by atoms with Gasteiger partial charge in [0.25, 0.3) is 0 Å². The van der Waals surface area contributed by atoms with Crippen molar-refractivity contribution in [1.29, 1.82) is 0 Å². The average molecular weight is 268 g/mol. The number of anilines is 1. The smallest absolute Gasteiger partial charge is 0.339 e. The highest BCUT2D eigenvalue weighted by Gasteiger charge is 2.24. The van der Waals surface area contributed by atoms with E-state index in [1.165, 1.54) is 0 Å². The Kier molecular flexibility index (Phi) is 4.31. The number of carbonyl (C=O) groups is 1. The van der Waals surface area contributed by atoms with Gasteiger partial charge in [0, 0.05) is 20.2 Å². The van der Waals surface area contributed by atoms with E-state index < -0.39 is 11.8 Å². The molecule has 2 heterocycles. The highest BCUT2D eigenvalue weighted by molar-refractivity contribution is 5.93. The van der Waals surface area contributed by atoms with Crippen LogP contribution in [-0.4, -0.2) is 42.9 Å². The van der Waals surface area contributed by atoms with E-state index in [1.807, 2.05) is 4.90 Å². The van der Waals surface area contributed by atoms with Crippen LogP contribution in [0.1, 0.15) is 23.2 Å². The number of aromatic carboxylic acids is 1. The summed E-state index contributed by atoms with van der Waals surface area (Å²) in [6.07, 6.45) is 3.06. The van der Waals surface area contributed by atoms with Crippen molar-refractivity contribution in [2.75, 3.05) is 31.7 Å². The fourth-order valence-corrected chi connectivity index (χ4v) is 2.47. The molecule has 6 heteroatoms. The van der Waals surface area contributed by atoms with Gasteiger partial charge in [-0.05, 0) is 24.8 Å². The van der Waals surface area contributed by atoms with Crippen LogP contribution in [0.5, 0.6) is 0 Å². The van der Waals surface area contributed by atoms with Crippen LogP contribution in [0.2, 0.25) is 0 Å². The van der Waals surface area contributed by atoms with E-state index in [2.05, 4.69) is 4.98 Å². The number of ether oxygens (including phenoxy) is 1. The summed E-state index contributed by atoms with van der Waals surface area (Å²) < 4.78 is 18.2. The van der Waals surface area contributed by atoms with Crippen LogP contribution in [0.3, 0.4) is 0 Å². The van der Waals surface area contributed by atoms with E-state index in [4.69, 9.17) is 9.84 Å². The van der Waals surface area contributed by atoms with E-state index in [9.17, 15) is 9.18 Å². The third kappa shape index (κ3) is 3.20. The van der Waals surface area contributed by atoms with E-state index in [0.29, 0.717) is 24.9 Å². The second-order valence-electron chi connectivity index (χ2n) is 4.74. The highest BCUT2D eigenvalue weighted by atomic mass is 19.1. The minimum absolute atomic E-state index is 0.0851. The molecule has 1 saturated heterocycles. The van der Waals surface area contributed by atoms with Crippen molar-refractivity contribution in [2.24, 2.45) is 5.92 Å². The minimum Gasteiger partial charge on any atom is -0.478 e. The third-order valence-electron chi connectivity index (χ3n) is 3.28. The topological polar surface area (TPSA) is 62.7 Å². The van der Waals surface area contributed by atoms with Crippen LogP contribution < -0.4 is 4.90 Å². The van der Waals surface area contributed by atoms with Crippen molar-refractivity contribution >= 4 is 11.8 Å². The van der Waals surface area contributed by atoms with Crippen LogP contribution >= 0.6 is 0 Å². The third-order valence-corrected chi connectivity index (χ3v) is 3.28. The SMILES string of the molecule is COCC1CCCN(c2ncc(F)cc2C(=O)O)C1. The zero-order valence-electron chi connectivity index (χ0n) is 10.8. The lowest BCUT2D eigenvalue weighted by atomic mass is 9.98. The van der Waals surface area contributed by atoms with Gasteiger partial charge in [-0.1, -0.05) is 0 Å². The molecule has 1 N–H and O–H groups in total. The number of methoxy groups -OCH3 is 1. The van der Waals surface area contributed by atoms with E-state index in [1.54, 1.807) is 7.11 Å². The van der Waals surface area contributed by atoms with Gasteiger partial charge in [0.2, 0.25) is 0 Å². The number of nitrogens with zero attached hydrogens (tertiary/aromatic N) is 2. The molecule has 1 aliphatic rings. The molecule has 1 aromatic rings. The summed E-state index contributed by atoms with van der Waals surface area (Å²) in [4.78, 5) is 17.0. The Balaban J connectivity index is 2.23. The Bertz CT molecular complexity index is 465. The summed E-state index contributed by atoms with van der Waals surface area (Å²) in [5.41, 5.74) is -0.0851. The number of carboxylic acids is 1. The van der Waals surface area contributed by atoms with Crippen LogP contribution in [0.4, 0.5) is 10.2 Å². The maximum Gasteiger partial charge on any atom is 0.339 e. The molecule has 19 heavy (non-hydrogen) atoms. The summed E-state index contributed by atoms with van der Waals surface area (Å²) >= 11 is 0. The second kappa shape index (κ2) is 5.97. The highest BCUT2D eigenvalue weighted by Crippen LogP contribution is 2.25. The van der Waals surface area contributed by atoms with E-state index in [0.717, 1.165) is 31.6 Å². The van der Waals surface area contributed by atoms with E-state index in [-0.39, 0.29) is 5.56 Å². The van der Waals surface area contributed by atoms with Crippen LogP contribution in [0.25, 0.3) is 0 Å². The quantitative estimate of drug-likeness (QED) is 0.902. The molecule has 2 rings (SSSR count). The standard InChI is InChI=1S/C13H17FN2O3/c1-19-8-9-3-2-4-16(7-9)12-11(13(17)18)5-10(14)6-15-12/h5-6,9H,2-4,7-8H2,1H3,(H,17,18). The number of rotatable bonds is 4. The molecule has 1 fully saturated rings. The van der Waals surface area contributed by atoms with Gasteiger partial charge in [-0.3, -0.25) is 0 Å². The van der Waals surface area contributed by atoms with Crippen molar-refractivity contribution in [3.63, 3.8) is 0 Å². The average Bonchev–Trinajstić information content (AvgIpc) is 2.39. The number of hydrogen-bond donors (Lipinski definition) is 1. The lowest BCUT2D eigenvalue weighted by molar-refractivity contribution is 0.0696. The van der Waals surface area contributed by atoms with Gasteiger partial charge in [-0.15, -0.1) is 0 Å². The van der Waals surface area contributed by atoms with Gasteiger partial charge in [0.1, 0.15) is 17.2 Å². The summed E-state index contributed by atoms with van der Waals surface area (Å²) in [5, 5.41) is 9.13. The predicted octanol–water partition coefficient (Wildman–Crippen LogP) is 1.78. The van der Waals surface area contributed by atoms with Gasteiger partial charge in [-0.2, -0.15) is 0 Å². The molecule has 0 saturated carbocycles. The van der Waals surface area contributed by atoms with Gasteiger partial charge < -0.3 is 14.7 Å². The first-order chi connectivity index (χ1) is 9.11. The molecule has 1 aliphatic heterocycles. The summed E-state index contributed by atoms with van der Waals surface area (Å²) in [6.45, 7) is 2.06.